The Kier molecular flexibility index (Phi) is 4.96. The Morgan fingerprint density at radius 1 is 1.29 bits per heavy atom. The molecule has 7 atom stereocenters. The van der Waals surface area contributed by atoms with E-state index >= 15 is 0 Å². The molecular formula is C22H31ClO5. The molecule has 4 rings (SSSR count). The fraction of sp³-hybridized carbons (Fsp3) is 0.818. The summed E-state index contributed by atoms with van der Waals surface area (Å²) in [6.45, 7) is 4.31. The van der Waals surface area contributed by atoms with E-state index in [9.17, 15) is 14.7 Å². The molecule has 156 valence electrons. The second-order valence-electron chi connectivity index (χ2n) is 9.69. The van der Waals surface area contributed by atoms with Crippen molar-refractivity contribution < 1.29 is 24.2 Å². The molecule has 0 aromatic heterocycles. The molecule has 0 spiro atoms. The number of esters is 1. The topological polar surface area (TPSA) is 72.8 Å². The van der Waals surface area contributed by atoms with Crippen LogP contribution < -0.4 is 0 Å². The third kappa shape index (κ3) is 2.51. The quantitative estimate of drug-likeness (QED) is 0.568. The number of ketones is 1. The first-order valence-corrected chi connectivity index (χ1v) is 11.0. The Balaban J connectivity index is 1.73. The predicted molar refractivity (Wildman–Crippen MR) is 105 cm³/mol. The molecule has 4 aliphatic carbocycles. The average Bonchev–Trinajstić information content (AvgIpc) is 2.95. The van der Waals surface area contributed by atoms with Crippen LogP contribution in [0.2, 0.25) is 0 Å². The lowest BCUT2D eigenvalue weighted by Gasteiger charge is -2.60. The summed E-state index contributed by atoms with van der Waals surface area (Å²) in [6.07, 6.45) is 6.48. The lowest BCUT2D eigenvalue weighted by Crippen LogP contribution is -2.62. The van der Waals surface area contributed by atoms with Crippen LogP contribution in [0.3, 0.4) is 0 Å². The number of methoxy groups -OCH3 is 1. The predicted octanol–water partition coefficient (Wildman–Crippen LogP) is 3.61. The Hall–Kier alpha value is -0.910. The highest BCUT2D eigenvalue weighted by Gasteiger charge is 2.70. The monoisotopic (exact) mass is 410 g/mol. The number of ether oxygens (including phenoxy) is 2. The fourth-order valence-electron chi connectivity index (χ4n) is 7.60. The number of carbonyl (C=O) groups is 2. The molecule has 0 bridgehead atoms. The van der Waals surface area contributed by atoms with Gasteiger partial charge in [-0.15, -0.1) is 0 Å². The van der Waals surface area contributed by atoms with Gasteiger partial charge in [0.1, 0.15) is 0 Å². The van der Waals surface area contributed by atoms with Crippen molar-refractivity contribution in [3.63, 3.8) is 0 Å². The average molecular weight is 411 g/mol. The molecule has 0 saturated heterocycles. The van der Waals surface area contributed by atoms with E-state index in [4.69, 9.17) is 21.1 Å². The number of alkyl halides is 1. The molecule has 0 aromatic carbocycles. The minimum Gasteiger partial charge on any atom is -0.447 e. The van der Waals surface area contributed by atoms with E-state index in [1.54, 1.807) is 7.11 Å². The van der Waals surface area contributed by atoms with Gasteiger partial charge in [-0.05, 0) is 67.8 Å². The van der Waals surface area contributed by atoms with Gasteiger partial charge in [0, 0.05) is 18.9 Å². The van der Waals surface area contributed by atoms with Gasteiger partial charge in [-0.2, -0.15) is 0 Å². The Morgan fingerprint density at radius 3 is 2.71 bits per heavy atom. The molecule has 28 heavy (non-hydrogen) atoms. The highest BCUT2D eigenvalue weighted by atomic mass is 35.5. The molecule has 0 amide bonds. The molecular weight excluding hydrogens is 380 g/mol. The van der Waals surface area contributed by atoms with Gasteiger partial charge in [-0.25, -0.2) is 4.79 Å². The third-order valence-corrected chi connectivity index (χ3v) is 8.99. The number of aliphatic hydroxyl groups excluding tert-OH is 1. The number of halogens is 1. The van der Waals surface area contributed by atoms with Crippen molar-refractivity contribution in [2.24, 2.45) is 28.6 Å². The van der Waals surface area contributed by atoms with Crippen LogP contribution in [0.25, 0.3) is 0 Å². The van der Waals surface area contributed by atoms with Crippen molar-refractivity contribution in [3.05, 3.63) is 11.6 Å². The number of aliphatic hydroxyl groups is 1. The fourth-order valence-corrected chi connectivity index (χ4v) is 7.69. The molecule has 3 saturated carbocycles. The first-order chi connectivity index (χ1) is 13.2. The Labute approximate surface area is 171 Å². The van der Waals surface area contributed by atoms with E-state index in [0.29, 0.717) is 25.2 Å². The van der Waals surface area contributed by atoms with Gasteiger partial charge in [0.25, 0.3) is 0 Å². The van der Waals surface area contributed by atoms with Crippen molar-refractivity contribution in [1.29, 1.82) is 0 Å². The number of allylic oxidation sites excluding steroid dienone is 1. The number of fused-ring (bicyclic) bond motifs is 5. The van der Waals surface area contributed by atoms with E-state index in [1.807, 2.05) is 6.08 Å². The molecule has 6 heteroatoms. The summed E-state index contributed by atoms with van der Waals surface area (Å²) in [5.41, 5.74) is -0.469. The number of rotatable bonds is 3. The highest BCUT2D eigenvalue weighted by Crippen LogP contribution is 2.68. The molecule has 3 fully saturated rings. The van der Waals surface area contributed by atoms with Crippen molar-refractivity contribution in [1.82, 2.24) is 0 Å². The number of hydrogen-bond donors (Lipinski definition) is 1. The zero-order valence-corrected chi connectivity index (χ0v) is 17.8. The van der Waals surface area contributed by atoms with Crippen LogP contribution >= 0.6 is 11.6 Å². The molecule has 4 aliphatic rings. The summed E-state index contributed by atoms with van der Waals surface area (Å²) in [5.74, 6) is 0.510. The van der Waals surface area contributed by atoms with E-state index in [0.717, 1.165) is 25.7 Å². The van der Waals surface area contributed by atoms with E-state index in [1.165, 1.54) is 5.57 Å². The van der Waals surface area contributed by atoms with Gasteiger partial charge in [0.2, 0.25) is 0 Å². The van der Waals surface area contributed by atoms with Gasteiger partial charge in [0.05, 0.1) is 6.10 Å². The maximum atomic E-state index is 12.9. The zero-order chi connectivity index (χ0) is 20.3. The number of hydrogen-bond acceptors (Lipinski definition) is 5. The SMILES string of the molecule is COC1(C(=O)OCCl)CC[C@H]2[C@@H]3CCC4=CC(=O)CC[C@]4(C)[C@@H]3C(O)C[C@@]21C. The van der Waals surface area contributed by atoms with Crippen LogP contribution in [0, 0.1) is 28.6 Å². The number of carbonyl (C=O) groups excluding carboxylic acids is 2. The first kappa shape index (κ1) is 20.4. The van der Waals surface area contributed by atoms with Gasteiger partial charge in [-0.1, -0.05) is 31.0 Å². The smallest absolute Gasteiger partial charge is 0.340 e. The van der Waals surface area contributed by atoms with Crippen molar-refractivity contribution in [3.8, 4) is 0 Å². The minimum absolute atomic E-state index is 0.121. The lowest BCUT2D eigenvalue weighted by atomic mass is 9.45. The van der Waals surface area contributed by atoms with Crippen molar-refractivity contribution >= 4 is 23.4 Å². The van der Waals surface area contributed by atoms with Crippen LogP contribution in [0.15, 0.2) is 11.6 Å². The highest BCUT2D eigenvalue weighted by molar-refractivity contribution is 6.17. The van der Waals surface area contributed by atoms with Crippen LogP contribution in [-0.2, 0) is 19.1 Å². The second kappa shape index (κ2) is 6.82. The molecule has 0 heterocycles. The van der Waals surface area contributed by atoms with Gasteiger partial charge in [0.15, 0.2) is 17.5 Å². The normalized spacial score (nSPS) is 47.6. The summed E-state index contributed by atoms with van der Waals surface area (Å²) >= 11 is 5.68. The lowest BCUT2D eigenvalue weighted by molar-refractivity contribution is -0.204. The van der Waals surface area contributed by atoms with Crippen LogP contribution in [0.4, 0.5) is 0 Å². The van der Waals surface area contributed by atoms with Gasteiger partial charge < -0.3 is 14.6 Å². The largest absolute Gasteiger partial charge is 0.447 e. The van der Waals surface area contributed by atoms with E-state index < -0.39 is 23.1 Å². The van der Waals surface area contributed by atoms with Crippen molar-refractivity contribution in [2.75, 3.05) is 13.2 Å². The molecule has 2 unspecified atom stereocenters. The third-order valence-electron chi connectivity index (χ3n) is 8.88. The Morgan fingerprint density at radius 2 is 2.04 bits per heavy atom. The summed E-state index contributed by atoms with van der Waals surface area (Å²) < 4.78 is 11.1. The van der Waals surface area contributed by atoms with Crippen LogP contribution in [-0.4, -0.2) is 41.7 Å². The molecule has 0 radical (unpaired) electrons. The molecule has 0 aromatic rings. The maximum absolute atomic E-state index is 12.9. The first-order valence-electron chi connectivity index (χ1n) is 10.4. The molecule has 0 aliphatic heterocycles. The van der Waals surface area contributed by atoms with E-state index in [2.05, 4.69) is 13.8 Å². The van der Waals surface area contributed by atoms with Gasteiger partial charge >= 0.3 is 5.97 Å². The van der Waals surface area contributed by atoms with Gasteiger partial charge in [-0.3, -0.25) is 4.79 Å². The summed E-state index contributed by atoms with van der Waals surface area (Å²) in [5, 5.41) is 11.4. The standard InChI is InChI=1S/C22H31ClO5/c1-20-8-6-14(24)10-13(20)4-5-15-16-7-9-22(27-3,19(26)28-12-23)21(16,2)11-17(25)18(15)20/h10,15-18,25H,4-9,11-12H2,1-3H3/t15-,16-,17?,18-,20-,21-,22?/m0/s1. The summed E-state index contributed by atoms with van der Waals surface area (Å²) in [6, 6.07) is -0.195. The molecule has 1 N–H and O–H groups in total. The van der Waals surface area contributed by atoms with Crippen molar-refractivity contribution in [2.45, 2.75) is 70.5 Å². The summed E-state index contributed by atoms with van der Waals surface area (Å²) in [4.78, 5) is 24.9. The maximum Gasteiger partial charge on any atom is 0.340 e. The molecule has 5 nitrogen and oxygen atoms in total. The van der Waals surface area contributed by atoms with Crippen LogP contribution in [0.5, 0.6) is 0 Å². The second-order valence-corrected chi connectivity index (χ2v) is 9.91. The summed E-state index contributed by atoms with van der Waals surface area (Å²) in [7, 11) is 1.57. The zero-order valence-electron chi connectivity index (χ0n) is 17.0. The van der Waals surface area contributed by atoms with Crippen LogP contribution in [0.1, 0.15) is 58.8 Å². The Bertz CT molecular complexity index is 720. The minimum atomic E-state index is -1.06. The van der Waals surface area contributed by atoms with E-state index in [-0.39, 0.29) is 29.1 Å².